The molecule has 1 heterocycles. The van der Waals surface area contributed by atoms with Crippen LogP contribution < -0.4 is 0 Å². The van der Waals surface area contributed by atoms with Gasteiger partial charge in [0.15, 0.2) is 5.69 Å². The first-order chi connectivity index (χ1) is 9.14. The van der Waals surface area contributed by atoms with Crippen LogP contribution in [0.5, 0.6) is 0 Å². The summed E-state index contributed by atoms with van der Waals surface area (Å²) in [5.41, 5.74) is 1.16. The number of nitrogens with zero attached hydrogens (tertiary/aromatic N) is 1. The quantitative estimate of drug-likeness (QED) is 0.899. The van der Waals surface area contributed by atoms with Crippen molar-refractivity contribution < 1.29 is 9.90 Å². The SMILES string of the molecule is CCC(CC)(c1ccccc1)c1nc(C(=O)O)cs1. The number of hydrogen-bond donors (Lipinski definition) is 1. The third kappa shape index (κ3) is 2.40. The van der Waals surface area contributed by atoms with Crippen molar-refractivity contribution in [3.8, 4) is 0 Å². The molecule has 0 atom stereocenters. The van der Waals surface area contributed by atoms with Crippen LogP contribution in [-0.4, -0.2) is 16.1 Å². The second-order valence-corrected chi connectivity index (χ2v) is 5.36. The van der Waals surface area contributed by atoms with Gasteiger partial charge < -0.3 is 5.11 Å². The van der Waals surface area contributed by atoms with Crippen LogP contribution in [0.2, 0.25) is 0 Å². The Labute approximate surface area is 116 Å². The molecule has 0 unspecified atom stereocenters. The van der Waals surface area contributed by atoms with Gasteiger partial charge >= 0.3 is 5.97 Å². The smallest absolute Gasteiger partial charge is 0.355 e. The predicted octanol–water partition coefficient (Wildman–Crippen LogP) is 3.95. The summed E-state index contributed by atoms with van der Waals surface area (Å²) in [5, 5.41) is 11.5. The summed E-state index contributed by atoms with van der Waals surface area (Å²) in [6.07, 6.45) is 1.81. The van der Waals surface area contributed by atoms with Gasteiger partial charge in [-0.1, -0.05) is 44.2 Å². The van der Waals surface area contributed by atoms with E-state index in [4.69, 9.17) is 5.11 Å². The normalized spacial score (nSPS) is 11.5. The van der Waals surface area contributed by atoms with Gasteiger partial charge in [-0.2, -0.15) is 0 Å². The van der Waals surface area contributed by atoms with E-state index in [0.29, 0.717) is 0 Å². The van der Waals surface area contributed by atoms with Crippen LogP contribution in [0.15, 0.2) is 35.7 Å². The maximum atomic E-state index is 11.0. The highest BCUT2D eigenvalue weighted by molar-refractivity contribution is 7.10. The minimum Gasteiger partial charge on any atom is -0.476 e. The van der Waals surface area contributed by atoms with E-state index in [2.05, 4.69) is 31.0 Å². The molecule has 2 aromatic rings. The molecule has 2 rings (SSSR count). The Hall–Kier alpha value is -1.68. The largest absolute Gasteiger partial charge is 0.476 e. The Kier molecular flexibility index (Phi) is 4.00. The minimum absolute atomic E-state index is 0.141. The number of thiazole rings is 1. The van der Waals surface area contributed by atoms with Crippen LogP contribution in [0.3, 0.4) is 0 Å². The van der Waals surface area contributed by atoms with E-state index in [1.165, 1.54) is 16.9 Å². The Morgan fingerprint density at radius 2 is 1.89 bits per heavy atom. The van der Waals surface area contributed by atoms with Gasteiger partial charge in [-0.05, 0) is 18.4 Å². The standard InChI is InChI=1S/C15H17NO2S/c1-3-15(4-2,11-8-6-5-7-9-11)14-16-12(10-19-14)13(17)18/h5-10H,3-4H2,1-2H3,(H,17,18). The molecule has 0 saturated carbocycles. The molecule has 0 saturated heterocycles. The molecule has 1 aromatic heterocycles. The fourth-order valence-corrected chi connectivity index (χ4v) is 3.59. The minimum atomic E-state index is -0.961. The Bertz CT molecular complexity index is 559. The molecule has 0 bridgehead atoms. The zero-order valence-corrected chi connectivity index (χ0v) is 11.9. The van der Waals surface area contributed by atoms with Crippen LogP contribution >= 0.6 is 11.3 Å². The number of hydrogen-bond acceptors (Lipinski definition) is 3. The van der Waals surface area contributed by atoms with Gasteiger partial charge in [0.1, 0.15) is 5.01 Å². The van der Waals surface area contributed by atoms with Crippen molar-refractivity contribution in [2.75, 3.05) is 0 Å². The summed E-state index contributed by atoms with van der Waals surface area (Å²) in [7, 11) is 0. The summed E-state index contributed by atoms with van der Waals surface area (Å²) in [5.74, 6) is -0.961. The third-order valence-corrected chi connectivity index (χ3v) is 4.71. The van der Waals surface area contributed by atoms with Gasteiger partial charge in [0.05, 0.1) is 0 Å². The molecule has 1 N–H and O–H groups in total. The Morgan fingerprint density at radius 1 is 1.26 bits per heavy atom. The van der Waals surface area contributed by atoms with Crippen LogP contribution in [0.1, 0.15) is 47.7 Å². The number of aromatic nitrogens is 1. The molecule has 19 heavy (non-hydrogen) atoms. The number of benzene rings is 1. The lowest BCUT2D eigenvalue weighted by atomic mass is 9.76. The second kappa shape index (κ2) is 5.53. The van der Waals surface area contributed by atoms with Gasteiger partial charge in [0.2, 0.25) is 0 Å². The second-order valence-electron chi connectivity index (χ2n) is 4.50. The third-order valence-electron chi connectivity index (χ3n) is 3.67. The van der Waals surface area contributed by atoms with E-state index in [9.17, 15) is 4.79 Å². The van der Waals surface area contributed by atoms with E-state index < -0.39 is 5.97 Å². The van der Waals surface area contributed by atoms with E-state index in [1.54, 1.807) is 5.38 Å². The van der Waals surface area contributed by atoms with Crippen LogP contribution in [0.25, 0.3) is 0 Å². The van der Waals surface area contributed by atoms with Crippen molar-refractivity contribution in [3.05, 3.63) is 52.0 Å². The van der Waals surface area contributed by atoms with Gasteiger partial charge in [-0.25, -0.2) is 9.78 Å². The van der Waals surface area contributed by atoms with E-state index in [-0.39, 0.29) is 11.1 Å². The van der Waals surface area contributed by atoms with Gasteiger partial charge in [0.25, 0.3) is 0 Å². The molecule has 0 radical (unpaired) electrons. The van der Waals surface area contributed by atoms with Crippen LogP contribution in [-0.2, 0) is 5.41 Å². The first kappa shape index (κ1) is 13.7. The van der Waals surface area contributed by atoms with E-state index in [0.717, 1.165) is 17.8 Å². The first-order valence-corrected chi connectivity index (χ1v) is 7.27. The van der Waals surface area contributed by atoms with E-state index in [1.807, 2.05) is 18.2 Å². The maximum absolute atomic E-state index is 11.0. The fourth-order valence-electron chi connectivity index (χ4n) is 2.43. The van der Waals surface area contributed by atoms with Crippen LogP contribution in [0.4, 0.5) is 0 Å². The van der Waals surface area contributed by atoms with Crippen molar-refractivity contribution in [3.63, 3.8) is 0 Å². The topological polar surface area (TPSA) is 50.2 Å². The zero-order chi connectivity index (χ0) is 13.9. The van der Waals surface area contributed by atoms with Gasteiger partial charge in [-0.15, -0.1) is 11.3 Å². The number of carboxylic acid groups (broad SMARTS) is 1. The molecule has 100 valence electrons. The van der Waals surface area contributed by atoms with E-state index >= 15 is 0 Å². The fraction of sp³-hybridized carbons (Fsp3) is 0.333. The number of carbonyl (C=O) groups is 1. The number of carboxylic acids is 1. The van der Waals surface area contributed by atoms with Crippen molar-refractivity contribution in [1.82, 2.24) is 4.98 Å². The molecule has 4 heteroatoms. The summed E-state index contributed by atoms with van der Waals surface area (Å²) in [4.78, 5) is 15.3. The van der Waals surface area contributed by atoms with Crippen molar-refractivity contribution in [1.29, 1.82) is 0 Å². The lowest BCUT2D eigenvalue weighted by Crippen LogP contribution is -2.26. The van der Waals surface area contributed by atoms with Crippen molar-refractivity contribution in [2.24, 2.45) is 0 Å². The van der Waals surface area contributed by atoms with Gasteiger partial charge in [-0.3, -0.25) is 0 Å². The average molecular weight is 275 g/mol. The van der Waals surface area contributed by atoms with Gasteiger partial charge in [0, 0.05) is 10.8 Å². The van der Waals surface area contributed by atoms with Crippen molar-refractivity contribution in [2.45, 2.75) is 32.1 Å². The average Bonchev–Trinajstić information content (AvgIpc) is 2.93. The van der Waals surface area contributed by atoms with Crippen LogP contribution in [0, 0.1) is 0 Å². The van der Waals surface area contributed by atoms with Crippen molar-refractivity contribution >= 4 is 17.3 Å². The summed E-state index contributed by atoms with van der Waals surface area (Å²) in [6, 6.07) is 10.2. The Morgan fingerprint density at radius 3 is 2.37 bits per heavy atom. The molecule has 0 spiro atoms. The first-order valence-electron chi connectivity index (χ1n) is 6.39. The highest BCUT2D eigenvalue weighted by Crippen LogP contribution is 2.40. The highest BCUT2D eigenvalue weighted by Gasteiger charge is 2.34. The molecular weight excluding hydrogens is 258 g/mol. The molecular formula is C15H17NO2S. The summed E-state index contributed by atoms with van der Waals surface area (Å²) in [6.45, 7) is 4.25. The molecule has 0 aliphatic carbocycles. The number of rotatable bonds is 5. The number of aromatic carboxylic acids is 1. The molecule has 0 aliphatic rings. The molecule has 0 amide bonds. The highest BCUT2D eigenvalue weighted by atomic mass is 32.1. The monoisotopic (exact) mass is 275 g/mol. The maximum Gasteiger partial charge on any atom is 0.355 e. The lowest BCUT2D eigenvalue weighted by molar-refractivity contribution is 0.0691. The molecule has 1 aromatic carbocycles. The summed E-state index contributed by atoms with van der Waals surface area (Å²) >= 11 is 1.44. The summed E-state index contributed by atoms with van der Waals surface area (Å²) < 4.78 is 0. The Balaban J connectivity index is 2.52. The lowest BCUT2D eigenvalue weighted by Gasteiger charge is -2.30. The molecule has 0 aliphatic heterocycles. The molecule has 3 nitrogen and oxygen atoms in total. The molecule has 0 fully saturated rings. The predicted molar refractivity (Wildman–Crippen MR) is 76.9 cm³/mol. The zero-order valence-electron chi connectivity index (χ0n) is 11.1.